The van der Waals surface area contributed by atoms with Crippen molar-refractivity contribution in [2.45, 2.75) is 31.8 Å². The number of hydrogen-bond donors (Lipinski definition) is 0. The highest BCUT2D eigenvalue weighted by Gasteiger charge is 2.29. The molecule has 1 saturated heterocycles. The molecule has 2 fully saturated rings. The Morgan fingerprint density at radius 2 is 2.00 bits per heavy atom. The highest BCUT2D eigenvalue weighted by Crippen LogP contribution is 2.27. The van der Waals surface area contributed by atoms with E-state index in [-0.39, 0.29) is 18.1 Å². The van der Waals surface area contributed by atoms with Crippen LogP contribution < -0.4 is 4.90 Å². The number of anilines is 1. The molecule has 0 spiro atoms. The third kappa shape index (κ3) is 3.29. The predicted octanol–water partition coefficient (Wildman–Crippen LogP) is 2.88. The van der Waals surface area contributed by atoms with Crippen LogP contribution in [0.15, 0.2) is 24.3 Å². The van der Waals surface area contributed by atoms with Crippen LogP contribution >= 0.6 is 0 Å². The molecule has 23 heavy (non-hydrogen) atoms. The van der Waals surface area contributed by atoms with E-state index in [9.17, 15) is 9.59 Å². The molecule has 0 aromatic heterocycles. The van der Waals surface area contributed by atoms with Gasteiger partial charge in [0.05, 0.1) is 24.1 Å². The second-order valence-corrected chi connectivity index (χ2v) is 5.78. The normalized spacial score (nSPS) is 24.0. The molecule has 6 heteroatoms. The van der Waals surface area contributed by atoms with Crippen molar-refractivity contribution in [1.82, 2.24) is 0 Å². The predicted molar refractivity (Wildman–Crippen MR) is 81.9 cm³/mol. The van der Waals surface area contributed by atoms with Crippen molar-refractivity contribution < 1.29 is 19.1 Å². The highest BCUT2D eigenvalue weighted by molar-refractivity contribution is 5.92. The molecule has 1 aromatic rings. The van der Waals surface area contributed by atoms with Crippen LogP contribution in [0.25, 0.3) is 0 Å². The van der Waals surface area contributed by atoms with Gasteiger partial charge in [-0.15, -0.1) is 0 Å². The maximum atomic E-state index is 12.2. The zero-order valence-electron chi connectivity index (χ0n) is 12.7. The number of nitrogens with zero attached hydrogens (tertiary/aromatic N) is 2. The molecule has 1 aliphatic heterocycles. The number of esters is 1. The summed E-state index contributed by atoms with van der Waals surface area (Å²) in [6.07, 6.45) is 2.81. The number of carbonyl (C=O) groups is 2. The van der Waals surface area contributed by atoms with Crippen molar-refractivity contribution in [3.05, 3.63) is 29.8 Å². The van der Waals surface area contributed by atoms with Gasteiger partial charge in [-0.25, -0.2) is 9.59 Å². The van der Waals surface area contributed by atoms with Gasteiger partial charge in [0.2, 0.25) is 0 Å². The van der Waals surface area contributed by atoms with Gasteiger partial charge in [0.1, 0.15) is 12.7 Å². The summed E-state index contributed by atoms with van der Waals surface area (Å²) in [6, 6.07) is 8.89. The van der Waals surface area contributed by atoms with Crippen molar-refractivity contribution in [2.75, 3.05) is 18.1 Å². The Kier molecular flexibility index (Phi) is 4.47. The van der Waals surface area contributed by atoms with Gasteiger partial charge >= 0.3 is 12.1 Å². The molecule has 120 valence electrons. The fourth-order valence-electron chi connectivity index (χ4n) is 3.00. The Morgan fingerprint density at radius 1 is 1.26 bits per heavy atom. The fraction of sp³-hybridized carbons (Fsp3) is 0.471. The van der Waals surface area contributed by atoms with E-state index in [1.807, 2.05) is 0 Å². The van der Waals surface area contributed by atoms with Crippen LogP contribution in [-0.4, -0.2) is 31.3 Å². The minimum atomic E-state index is -0.423. The number of hydrogen-bond acceptors (Lipinski definition) is 5. The van der Waals surface area contributed by atoms with E-state index in [0.717, 1.165) is 25.7 Å². The van der Waals surface area contributed by atoms with Crippen LogP contribution in [0, 0.1) is 17.2 Å². The van der Waals surface area contributed by atoms with E-state index >= 15 is 0 Å². The van der Waals surface area contributed by atoms with Crippen LogP contribution in [0.1, 0.15) is 36.0 Å². The summed E-state index contributed by atoms with van der Waals surface area (Å²) >= 11 is 0. The number of carbonyl (C=O) groups excluding carboxylic acids is 2. The molecular formula is C17H18N2O4. The molecule has 0 unspecified atom stereocenters. The summed E-state index contributed by atoms with van der Waals surface area (Å²) in [4.78, 5) is 25.3. The van der Waals surface area contributed by atoms with E-state index in [1.165, 1.54) is 4.90 Å². The smallest absolute Gasteiger partial charge is 0.414 e. The van der Waals surface area contributed by atoms with Crippen LogP contribution in [0.3, 0.4) is 0 Å². The monoisotopic (exact) mass is 314 g/mol. The van der Waals surface area contributed by atoms with Crippen molar-refractivity contribution in [2.24, 2.45) is 5.92 Å². The van der Waals surface area contributed by atoms with E-state index in [0.29, 0.717) is 24.4 Å². The molecule has 2 aliphatic rings. The minimum absolute atomic E-state index is 0.216. The summed E-state index contributed by atoms with van der Waals surface area (Å²) in [6.45, 7) is 0.883. The number of cyclic esters (lactones) is 1. The fourth-order valence-corrected chi connectivity index (χ4v) is 3.00. The van der Waals surface area contributed by atoms with Crippen LogP contribution in [0.5, 0.6) is 0 Å². The zero-order valence-corrected chi connectivity index (χ0v) is 12.7. The summed E-state index contributed by atoms with van der Waals surface area (Å²) in [5.74, 6) is -0.640. The second-order valence-electron chi connectivity index (χ2n) is 5.78. The summed E-state index contributed by atoms with van der Waals surface area (Å²) in [5.41, 5.74) is 1.11. The lowest BCUT2D eigenvalue weighted by atomic mass is 9.87. The average molecular weight is 314 g/mol. The first-order valence-electron chi connectivity index (χ1n) is 7.84. The van der Waals surface area contributed by atoms with Crippen LogP contribution in [0.4, 0.5) is 10.5 Å². The Labute approximate surface area is 134 Å². The molecule has 1 aromatic carbocycles. The van der Waals surface area contributed by atoms with E-state index in [4.69, 9.17) is 14.7 Å². The maximum Gasteiger partial charge on any atom is 0.414 e. The van der Waals surface area contributed by atoms with E-state index in [1.54, 1.807) is 24.3 Å². The molecule has 1 heterocycles. The average Bonchev–Trinajstić information content (AvgIpc) is 3.01. The van der Waals surface area contributed by atoms with Gasteiger partial charge in [0.25, 0.3) is 0 Å². The van der Waals surface area contributed by atoms with Crippen molar-refractivity contribution in [3.63, 3.8) is 0 Å². The van der Waals surface area contributed by atoms with Crippen LogP contribution in [-0.2, 0) is 9.47 Å². The Hall–Kier alpha value is -2.55. The first-order valence-corrected chi connectivity index (χ1v) is 7.84. The Bertz CT molecular complexity index is 635. The first kappa shape index (κ1) is 15.3. The lowest BCUT2D eigenvalue weighted by Crippen LogP contribution is -2.29. The standard InChI is InChI=1S/C17H18N2O4/c18-11-13-3-1-2-4-15(13)23-16(20)12-5-7-14(8-6-12)19-9-10-22-17(19)21/h5-8,13,15H,1-4,9-10H2/t13-,15-/m1/s1. The lowest BCUT2D eigenvalue weighted by molar-refractivity contribution is 0.0107. The molecular weight excluding hydrogens is 296 g/mol. The molecule has 0 bridgehead atoms. The lowest BCUT2D eigenvalue weighted by Gasteiger charge is -2.26. The maximum absolute atomic E-state index is 12.2. The third-order valence-electron chi connectivity index (χ3n) is 4.30. The van der Waals surface area contributed by atoms with Gasteiger partial charge in [-0.05, 0) is 43.5 Å². The molecule has 1 saturated carbocycles. The van der Waals surface area contributed by atoms with Crippen molar-refractivity contribution >= 4 is 17.7 Å². The second kappa shape index (κ2) is 6.69. The van der Waals surface area contributed by atoms with Gasteiger partial charge in [0, 0.05) is 5.69 Å². The van der Waals surface area contributed by atoms with Gasteiger partial charge < -0.3 is 9.47 Å². The number of amides is 1. The zero-order chi connectivity index (χ0) is 16.2. The molecule has 1 aliphatic carbocycles. The SMILES string of the molecule is N#C[C@H]1CCCC[C@H]1OC(=O)c1ccc(N2CCOC2=O)cc1. The van der Waals surface area contributed by atoms with Gasteiger partial charge in [-0.1, -0.05) is 6.42 Å². The molecule has 3 rings (SSSR count). The summed E-state index contributed by atoms with van der Waals surface area (Å²) < 4.78 is 10.4. The van der Waals surface area contributed by atoms with E-state index in [2.05, 4.69) is 6.07 Å². The van der Waals surface area contributed by atoms with Gasteiger partial charge in [-0.3, -0.25) is 4.90 Å². The highest BCUT2D eigenvalue weighted by atomic mass is 16.6. The quantitative estimate of drug-likeness (QED) is 0.801. The molecule has 2 atom stereocenters. The first-order chi connectivity index (χ1) is 11.2. The van der Waals surface area contributed by atoms with Gasteiger partial charge in [0.15, 0.2) is 0 Å². The number of ether oxygens (including phenoxy) is 2. The topological polar surface area (TPSA) is 79.6 Å². The Morgan fingerprint density at radius 3 is 2.65 bits per heavy atom. The number of rotatable bonds is 3. The molecule has 0 N–H and O–H groups in total. The van der Waals surface area contributed by atoms with Crippen molar-refractivity contribution in [1.29, 1.82) is 5.26 Å². The van der Waals surface area contributed by atoms with Gasteiger partial charge in [-0.2, -0.15) is 5.26 Å². The summed E-state index contributed by atoms with van der Waals surface area (Å²) in [5, 5.41) is 9.14. The molecule has 6 nitrogen and oxygen atoms in total. The van der Waals surface area contributed by atoms with E-state index < -0.39 is 5.97 Å². The summed E-state index contributed by atoms with van der Waals surface area (Å²) in [7, 11) is 0. The van der Waals surface area contributed by atoms with Crippen LogP contribution in [0.2, 0.25) is 0 Å². The van der Waals surface area contributed by atoms with Crippen molar-refractivity contribution in [3.8, 4) is 6.07 Å². The Balaban J connectivity index is 1.66. The molecule has 0 radical (unpaired) electrons. The number of benzene rings is 1. The molecule has 1 amide bonds. The minimum Gasteiger partial charge on any atom is -0.457 e. The third-order valence-corrected chi connectivity index (χ3v) is 4.30. The number of nitriles is 1. The largest absolute Gasteiger partial charge is 0.457 e.